The predicted molar refractivity (Wildman–Crippen MR) is 113 cm³/mol. The zero-order chi connectivity index (χ0) is 21.7. The van der Waals surface area contributed by atoms with Crippen molar-refractivity contribution in [1.82, 2.24) is 14.9 Å². The number of carbonyl (C=O) groups excluding carboxylic acids is 1. The highest BCUT2D eigenvalue weighted by Crippen LogP contribution is 2.29. The maximum Gasteiger partial charge on any atom is 0.305 e. The van der Waals surface area contributed by atoms with Gasteiger partial charge in [-0.1, -0.05) is 24.3 Å². The highest BCUT2D eigenvalue weighted by Gasteiger charge is 2.20. The predicted octanol–water partition coefficient (Wildman–Crippen LogP) is 2.86. The van der Waals surface area contributed by atoms with Gasteiger partial charge >= 0.3 is 5.97 Å². The number of benzene rings is 1. The van der Waals surface area contributed by atoms with E-state index in [9.17, 15) is 19.5 Å². The van der Waals surface area contributed by atoms with Crippen LogP contribution >= 0.6 is 0 Å². The first kappa shape index (κ1) is 21.0. The van der Waals surface area contributed by atoms with Crippen molar-refractivity contribution in [3.63, 3.8) is 0 Å². The fourth-order valence-corrected chi connectivity index (χ4v) is 3.47. The molecule has 7 nitrogen and oxygen atoms in total. The van der Waals surface area contributed by atoms with Crippen molar-refractivity contribution in [3.05, 3.63) is 88.1 Å². The number of carboxylic acids is 1. The van der Waals surface area contributed by atoms with Crippen LogP contribution in [0.5, 0.6) is 0 Å². The first-order valence-corrected chi connectivity index (χ1v) is 9.53. The van der Waals surface area contributed by atoms with Gasteiger partial charge < -0.3 is 15.0 Å². The van der Waals surface area contributed by atoms with E-state index >= 15 is 0 Å². The molecule has 0 bridgehead atoms. The Hall–Kier alpha value is -3.74. The lowest BCUT2D eigenvalue weighted by Crippen LogP contribution is -2.35. The molecule has 1 unspecified atom stereocenters. The van der Waals surface area contributed by atoms with Crippen molar-refractivity contribution in [1.29, 1.82) is 0 Å². The second kappa shape index (κ2) is 9.17. The molecule has 0 spiro atoms. The summed E-state index contributed by atoms with van der Waals surface area (Å²) in [5, 5.41) is 12.1. The summed E-state index contributed by atoms with van der Waals surface area (Å²) in [6.07, 6.45) is 4.49. The molecule has 3 aromatic rings. The maximum absolute atomic E-state index is 12.5. The standard InChI is InChI=1S/C23H23N3O4/c1-15-6-5-7-16(2)23(15)18-10-17(12-24-13-18)19(11-22(29)30)25-20(27)14-26-9-4-3-8-21(26)28/h3-10,12-13,19H,11,14H2,1-2H3,(H,25,27)(H,29,30). The Kier molecular flexibility index (Phi) is 6.41. The first-order chi connectivity index (χ1) is 14.3. The van der Waals surface area contributed by atoms with E-state index < -0.39 is 17.9 Å². The lowest BCUT2D eigenvalue weighted by atomic mass is 9.94. The lowest BCUT2D eigenvalue weighted by molar-refractivity contribution is -0.137. The van der Waals surface area contributed by atoms with Crippen LogP contribution in [-0.2, 0) is 16.1 Å². The normalized spacial score (nSPS) is 11.7. The number of aryl methyl sites for hydroxylation is 2. The molecule has 0 saturated carbocycles. The molecule has 2 N–H and O–H groups in total. The van der Waals surface area contributed by atoms with E-state index in [0.717, 1.165) is 22.3 Å². The highest BCUT2D eigenvalue weighted by atomic mass is 16.4. The van der Waals surface area contributed by atoms with Crippen LogP contribution in [0.15, 0.2) is 65.8 Å². The minimum Gasteiger partial charge on any atom is -0.481 e. The number of aliphatic carboxylic acids is 1. The third-order valence-corrected chi connectivity index (χ3v) is 4.86. The number of carboxylic acid groups (broad SMARTS) is 1. The van der Waals surface area contributed by atoms with Crippen LogP contribution in [0, 0.1) is 13.8 Å². The van der Waals surface area contributed by atoms with Gasteiger partial charge in [-0.05, 0) is 48.2 Å². The van der Waals surface area contributed by atoms with Crippen LogP contribution in [0.1, 0.15) is 29.2 Å². The molecular weight excluding hydrogens is 382 g/mol. The van der Waals surface area contributed by atoms with Crippen LogP contribution in [0.4, 0.5) is 0 Å². The minimum absolute atomic E-state index is 0.195. The molecule has 0 saturated heterocycles. The second-order valence-corrected chi connectivity index (χ2v) is 7.16. The molecule has 7 heteroatoms. The Morgan fingerprint density at radius 3 is 2.50 bits per heavy atom. The van der Waals surface area contributed by atoms with Gasteiger partial charge in [0, 0.05) is 30.2 Å². The Morgan fingerprint density at radius 2 is 1.83 bits per heavy atom. The summed E-state index contributed by atoms with van der Waals surface area (Å²) >= 11 is 0. The average molecular weight is 405 g/mol. The minimum atomic E-state index is -1.05. The maximum atomic E-state index is 12.5. The molecule has 0 radical (unpaired) electrons. The van der Waals surface area contributed by atoms with E-state index in [0.29, 0.717) is 5.56 Å². The van der Waals surface area contributed by atoms with E-state index in [1.165, 1.54) is 16.8 Å². The quantitative estimate of drug-likeness (QED) is 0.629. The van der Waals surface area contributed by atoms with Crippen LogP contribution in [0.25, 0.3) is 11.1 Å². The van der Waals surface area contributed by atoms with Crippen LogP contribution in [0.2, 0.25) is 0 Å². The van der Waals surface area contributed by atoms with Crippen molar-refractivity contribution >= 4 is 11.9 Å². The number of hydrogen-bond acceptors (Lipinski definition) is 4. The SMILES string of the molecule is Cc1cccc(C)c1-c1cncc(C(CC(=O)O)NC(=O)Cn2ccccc2=O)c1. The molecule has 0 aliphatic rings. The number of nitrogens with one attached hydrogen (secondary N) is 1. The number of pyridine rings is 2. The van der Waals surface area contributed by atoms with Gasteiger partial charge in [0.15, 0.2) is 0 Å². The van der Waals surface area contributed by atoms with Gasteiger partial charge in [0.1, 0.15) is 6.54 Å². The van der Waals surface area contributed by atoms with E-state index in [-0.39, 0.29) is 18.5 Å². The molecule has 0 aliphatic heterocycles. The molecule has 154 valence electrons. The summed E-state index contributed by atoms with van der Waals surface area (Å²) in [5.74, 6) is -1.50. The third-order valence-electron chi connectivity index (χ3n) is 4.86. The molecule has 1 aromatic carbocycles. The molecule has 2 aromatic heterocycles. The zero-order valence-electron chi connectivity index (χ0n) is 16.8. The topological polar surface area (TPSA) is 101 Å². The van der Waals surface area contributed by atoms with E-state index in [1.54, 1.807) is 24.5 Å². The Bertz CT molecular complexity index is 1120. The largest absolute Gasteiger partial charge is 0.481 e. The number of amides is 1. The molecule has 0 aliphatic carbocycles. The van der Waals surface area contributed by atoms with Crippen molar-refractivity contribution in [2.45, 2.75) is 32.9 Å². The number of hydrogen-bond donors (Lipinski definition) is 2. The molecule has 30 heavy (non-hydrogen) atoms. The fourth-order valence-electron chi connectivity index (χ4n) is 3.47. The number of aromatic nitrogens is 2. The van der Waals surface area contributed by atoms with Crippen LogP contribution in [0.3, 0.4) is 0 Å². The van der Waals surface area contributed by atoms with E-state index in [2.05, 4.69) is 10.3 Å². The van der Waals surface area contributed by atoms with Crippen LogP contribution < -0.4 is 10.9 Å². The first-order valence-electron chi connectivity index (χ1n) is 9.53. The molecule has 1 atom stereocenters. The second-order valence-electron chi connectivity index (χ2n) is 7.16. The van der Waals surface area contributed by atoms with Crippen molar-refractivity contribution in [3.8, 4) is 11.1 Å². The number of nitrogens with zero attached hydrogens (tertiary/aromatic N) is 2. The van der Waals surface area contributed by atoms with Gasteiger partial charge in [-0.15, -0.1) is 0 Å². The van der Waals surface area contributed by atoms with Gasteiger partial charge in [-0.2, -0.15) is 0 Å². The highest BCUT2D eigenvalue weighted by molar-refractivity contribution is 5.78. The van der Waals surface area contributed by atoms with Gasteiger partial charge in [0.2, 0.25) is 5.91 Å². The lowest BCUT2D eigenvalue weighted by Gasteiger charge is -2.19. The average Bonchev–Trinajstić information content (AvgIpc) is 2.69. The Labute approximate surface area is 174 Å². The zero-order valence-corrected chi connectivity index (χ0v) is 16.8. The van der Waals surface area contributed by atoms with Gasteiger partial charge in [-0.3, -0.25) is 19.4 Å². The summed E-state index contributed by atoms with van der Waals surface area (Å²) in [6.45, 7) is 3.81. The smallest absolute Gasteiger partial charge is 0.305 e. The van der Waals surface area contributed by atoms with Crippen molar-refractivity contribution < 1.29 is 14.7 Å². The Morgan fingerprint density at radius 1 is 1.10 bits per heavy atom. The summed E-state index contributed by atoms with van der Waals surface area (Å²) < 4.78 is 1.26. The summed E-state index contributed by atoms with van der Waals surface area (Å²) in [6, 6.07) is 11.7. The number of carbonyl (C=O) groups is 2. The Balaban J connectivity index is 1.89. The van der Waals surface area contributed by atoms with Crippen molar-refractivity contribution in [2.24, 2.45) is 0 Å². The van der Waals surface area contributed by atoms with Gasteiger partial charge in [0.05, 0.1) is 12.5 Å². The molecular formula is C23H23N3O4. The fraction of sp³-hybridized carbons (Fsp3) is 0.217. The van der Waals surface area contributed by atoms with Gasteiger partial charge in [0.25, 0.3) is 5.56 Å². The summed E-state index contributed by atoms with van der Waals surface area (Å²) in [5.41, 5.74) is 4.33. The van der Waals surface area contributed by atoms with Gasteiger partial charge in [-0.25, -0.2) is 0 Å². The van der Waals surface area contributed by atoms with E-state index in [4.69, 9.17) is 0 Å². The number of rotatable bonds is 7. The summed E-state index contributed by atoms with van der Waals surface area (Å²) in [7, 11) is 0. The molecule has 2 heterocycles. The van der Waals surface area contributed by atoms with Crippen molar-refractivity contribution in [2.75, 3.05) is 0 Å². The molecule has 1 amide bonds. The van der Waals surface area contributed by atoms with Crippen LogP contribution in [-0.4, -0.2) is 26.5 Å². The molecule has 3 rings (SSSR count). The third kappa shape index (κ3) is 5.00. The summed E-state index contributed by atoms with van der Waals surface area (Å²) in [4.78, 5) is 40.0. The van der Waals surface area contributed by atoms with E-state index in [1.807, 2.05) is 38.1 Å². The molecule has 0 fully saturated rings. The monoisotopic (exact) mass is 405 g/mol.